The van der Waals surface area contributed by atoms with E-state index in [1.54, 1.807) is 12.1 Å². The van der Waals surface area contributed by atoms with E-state index in [9.17, 15) is 17.6 Å². The van der Waals surface area contributed by atoms with E-state index in [1.165, 1.54) is 43.5 Å². The van der Waals surface area contributed by atoms with Gasteiger partial charge in [-0.05, 0) is 43.2 Å². The number of hydrogen-bond acceptors (Lipinski definition) is 4. The molecule has 8 heteroatoms. The van der Waals surface area contributed by atoms with Gasteiger partial charge in [-0.15, -0.1) is 0 Å². The van der Waals surface area contributed by atoms with Gasteiger partial charge in [-0.1, -0.05) is 94.3 Å². The molecule has 0 amide bonds. The maximum Gasteiger partial charge on any atom is 0.416 e. The first-order valence-corrected chi connectivity index (χ1v) is 14.7. The summed E-state index contributed by atoms with van der Waals surface area (Å²) in [5, 5.41) is 9.74. The number of unbranched alkanes of at least 4 members (excludes halogenated alkanes) is 2. The summed E-state index contributed by atoms with van der Waals surface area (Å²) in [7, 11) is 0. The molecule has 0 saturated heterocycles. The number of hydrogen-bond donors (Lipinski definition) is 3. The second-order valence-electron chi connectivity index (χ2n) is 10.5. The van der Waals surface area contributed by atoms with Crippen LogP contribution in [0.25, 0.3) is 5.70 Å². The molecule has 1 heterocycles. The van der Waals surface area contributed by atoms with Crippen molar-refractivity contribution in [1.82, 2.24) is 16.0 Å². The van der Waals surface area contributed by atoms with Gasteiger partial charge in [0.2, 0.25) is 0 Å². The smallest absolute Gasteiger partial charge is 0.363 e. The van der Waals surface area contributed by atoms with E-state index in [2.05, 4.69) is 41.4 Å². The highest BCUT2D eigenvalue weighted by atomic mass is 19.4. The minimum atomic E-state index is -4.53. The zero-order valence-electron chi connectivity index (χ0n) is 25.4. The first-order valence-electron chi connectivity index (χ1n) is 14.7. The second-order valence-corrected chi connectivity index (χ2v) is 10.5. The molecule has 1 unspecified atom stereocenters. The predicted octanol–water partition coefficient (Wildman–Crippen LogP) is 9.06. The minimum Gasteiger partial charge on any atom is -0.363 e. The minimum absolute atomic E-state index is 0.0223. The number of alkyl halides is 3. The first-order chi connectivity index (χ1) is 20.5. The highest BCUT2D eigenvalue weighted by Gasteiger charge is 2.36. The Balaban J connectivity index is 0.000000934. The Hall–Kier alpha value is -3.91. The van der Waals surface area contributed by atoms with Gasteiger partial charge in [-0.25, -0.2) is 9.38 Å². The van der Waals surface area contributed by atoms with Gasteiger partial charge in [0, 0.05) is 47.6 Å². The molecule has 0 bridgehead atoms. The average molecular weight is 595 g/mol. The van der Waals surface area contributed by atoms with Gasteiger partial charge in [-0.3, -0.25) is 0 Å². The van der Waals surface area contributed by atoms with Crippen molar-refractivity contribution in [3.8, 4) is 0 Å². The maximum atomic E-state index is 13.9. The summed E-state index contributed by atoms with van der Waals surface area (Å²) in [4.78, 5) is 4.61. The summed E-state index contributed by atoms with van der Waals surface area (Å²) in [6, 6.07) is 19.7. The lowest BCUT2D eigenvalue weighted by Crippen LogP contribution is -2.36. The number of aliphatic imine (C=N–C) groups is 1. The molecule has 1 aliphatic heterocycles. The molecule has 4 rings (SSSR count). The number of benzene rings is 3. The third-order valence-corrected chi connectivity index (χ3v) is 7.16. The molecule has 1 atom stereocenters. The van der Waals surface area contributed by atoms with Crippen LogP contribution in [0.15, 0.2) is 95.6 Å². The summed E-state index contributed by atoms with van der Waals surface area (Å²) < 4.78 is 55.4. The Kier molecular flexibility index (Phi) is 12.6. The monoisotopic (exact) mass is 594 g/mol. The largest absolute Gasteiger partial charge is 0.416 e. The topological polar surface area (TPSA) is 48.5 Å². The van der Waals surface area contributed by atoms with Crippen molar-refractivity contribution in [2.45, 2.75) is 72.3 Å². The molecule has 0 spiro atoms. The SMILES string of the molecule is C=C(NC1=NC(c2ccccc2C(F)(F)F)NC(CCNCc2ccccc2)=C1C)c1cc(F)ccc1C.CCCCC. The molecule has 230 valence electrons. The Morgan fingerprint density at radius 2 is 1.63 bits per heavy atom. The molecule has 0 aromatic heterocycles. The van der Waals surface area contributed by atoms with E-state index in [4.69, 9.17) is 0 Å². The zero-order valence-corrected chi connectivity index (χ0v) is 25.4. The van der Waals surface area contributed by atoms with E-state index in [1.807, 2.05) is 44.2 Å². The van der Waals surface area contributed by atoms with Crippen LogP contribution in [0.2, 0.25) is 0 Å². The van der Waals surface area contributed by atoms with Crippen molar-refractivity contribution in [2.75, 3.05) is 6.54 Å². The average Bonchev–Trinajstić information content (AvgIpc) is 2.99. The lowest BCUT2D eigenvalue weighted by molar-refractivity contribution is -0.138. The van der Waals surface area contributed by atoms with Gasteiger partial charge >= 0.3 is 6.18 Å². The molecule has 1 aliphatic rings. The molecule has 43 heavy (non-hydrogen) atoms. The lowest BCUT2D eigenvalue weighted by atomic mass is 10.0. The van der Waals surface area contributed by atoms with Gasteiger partial charge in [-0.2, -0.15) is 13.2 Å². The van der Waals surface area contributed by atoms with Crippen LogP contribution in [-0.2, 0) is 12.7 Å². The van der Waals surface area contributed by atoms with Crippen LogP contribution in [0.1, 0.15) is 80.4 Å². The number of nitrogens with one attached hydrogen (secondary N) is 3. The highest BCUT2D eigenvalue weighted by molar-refractivity contribution is 6.03. The number of nitrogens with zero attached hydrogens (tertiary/aromatic N) is 1. The molecular weight excluding hydrogens is 552 g/mol. The fourth-order valence-corrected chi connectivity index (χ4v) is 4.73. The number of aryl methyl sites for hydroxylation is 1. The molecule has 0 aliphatic carbocycles. The third-order valence-electron chi connectivity index (χ3n) is 7.16. The van der Waals surface area contributed by atoms with E-state index < -0.39 is 23.7 Å². The normalized spacial score (nSPS) is 14.8. The predicted molar refractivity (Wildman–Crippen MR) is 169 cm³/mol. The summed E-state index contributed by atoms with van der Waals surface area (Å²) in [6.07, 6.45) is -0.885. The van der Waals surface area contributed by atoms with Gasteiger partial charge < -0.3 is 16.0 Å². The van der Waals surface area contributed by atoms with E-state index in [-0.39, 0.29) is 5.56 Å². The number of amidine groups is 1. The molecule has 0 saturated carbocycles. The lowest BCUT2D eigenvalue weighted by Gasteiger charge is -2.30. The van der Waals surface area contributed by atoms with Crippen LogP contribution in [0.4, 0.5) is 17.6 Å². The maximum absolute atomic E-state index is 13.9. The summed E-state index contributed by atoms with van der Waals surface area (Å²) in [5.74, 6) is -0.0207. The van der Waals surface area contributed by atoms with E-state index in [0.717, 1.165) is 28.5 Å². The van der Waals surface area contributed by atoms with Gasteiger partial charge in [0.05, 0.1) is 5.56 Å². The van der Waals surface area contributed by atoms with Crippen LogP contribution in [-0.4, -0.2) is 12.4 Å². The zero-order chi connectivity index (χ0) is 31.4. The Labute approximate surface area is 253 Å². The molecule has 0 fully saturated rings. The highest BCUT2D eigenvalue weighted by Crippen LogP contribution is 2.36. The second kappa shape index (κ2) is 16.1. The molecule has 3 aromatic carbocycles. The Morgan fingerprint density at radius 1 is 0.953 bits per heavy atom. The van der Waals surface area contributed by atoms with Crippen LogP contribution >= 0.6 is 0 Å². The van der Waals surface area contributed by atoms with Crippen LogP contribution < -0.4 is 16.0 Å². The van der Waals surface area contributed by atoms with Crippen LogP contribution in [0, 0.1) is 12.7 Å². The number of halogens is 4. The van der Waals surface area contributed by atoms with Crippen molar-refractivity contribution in [2.24, 2.45) is 4.99 Å². The summed E-state index contributed by atoms with van der Waals surface area (Å²) in [5.41, 5.74) is 3.71. The number of rotatable bonds is 10. The quantitative estimate of drug-likeness (QED) is 0.162. The van der Waals surface area contributed by atoms with Gasteiger partial charge in [0.15, 0.2) is 0 Å². The molecular formula is C35H42F4N4. The standard InChI is InChI=1S/C30H30F4N4.C5H12/c1-19-13-14-23(31)17-25(19)21(3)36-28-20(2)27(15-16-35-18-22-9-5-4-6-10-22)37-29(38-28)24-11-7-8-12-26(24)30(32,33)34;1-3-5-4-2/h4-14,17,29,35,37H,3,15-16,18H2,1-2H3,(H,36,38);3-5H2,1-2H3. The van der Waals surface area contributed by atoms with Crippen LogP contribution in [0.5, 0.6) is 0 Å². The molecule has 3 N–H and O–H groups in total. The van der Waals surface area contributed by atoms with Crippen molar-refractivity contribution >= 4 is 11.5 Å². The van der Waals surface area contributed by atoms with Crippen molar-refractivity contribution in [3.05, 3.63) is 124 Å². The molecule has 3 aromatic rings. The first kappa shape index (κ1) is 33.6. The van der Waals surface area contributed by atoms with Crippen molar-refractivity contribution in [1.29, 1.82) is 0 Å². The summed E-state index contributed by atoms with van der Waals surface area (Å²) in [6.45, 7) is 13.4. The van der Waals surface area contributed by atoms with Crippen molar-refractivity contribution in [3.63, 3.8) is 0 Å². The van der Waals surface area contributed by atoms with Crippen LogP contribution in [0.3, 0.4) is 0 Å². The Morgan fingerprint density at radius 3 is 2.28 bits per heavy atom. The summed E-state index contributed by atoms with van der Waals surface area (Å²) >= 11 is 0. The van der Waals surface area contributed by atoms with Crippen molar-refractivity contribution < 1.29 is 17.6 Å². The molecule has 4 nitrogen and oxygen atoms in total. The van der Waals surface area contributed by atoms with Gasteiger partial charge in [0.25, 0.3) is 0 Å². The fourth-order valence-electron chi connectivity index (χ4n) is 4.73. The fraction of sp³-hybridized carbons (Fsp3) is 0.343. The third kappa shape index (κ3) is 9.82. The van der Waals surface area contributed by atoms with E-state index >= 15 is 0 Å². The van der Waals surface area contributed by atoms with E-state index in [0.29, 0.717) is 36.6 Å². The molecule has 0 radical (unpaired) electrons. The van der Waals surface area contributed by atoms with Gasteiger partial charge in [0.1, 0.15) is 17.8 Å². The Bertz CT molecular complexity index is 1410.